The number of hydrogen-bond donors (Lipinski definition) is 2. The number of fused-ring (bicyclic) bond motifs is 1. The normalized spacial score (nSPS) is 18.3. The van der Waals surface area contributed by atoms with Crippen molar-refractivity contribution in [2.45, 2.75) is 25.9 Å². The lowest BCUT2D eigenvalue weighted by Crippen LogP contribution is -2.10. The van der Waals surface area contributed by atoms with Crippen LogP contribution in [0.5, 0.6) is 0 Å². The van der Waals surface area contributed by atoms with Gasteiger partial charge in [-0.25, -0.2) is 0 Å². The molecule has 21 heavy (non-hydrogen) atoms. The van der Waals surface area contributed by atoms with Crippen molar-refractivity contribution in [1.29, 1.82) is 0 Å². The number of aliphatic hydroxyl groups excluding tert-OH is 1. The number of carbonyl (C=O) groups is 1. The Hall–Kier alpha value is -1.84. The molecule has 1 amide bonds. The van der Waals surface area contributed by atoms with Gasteiger partial charge in [-0.2, -0.15) is 0 Å². The standard InChI is InChI=1S/C17H16ClNO2/c1-9-5-3-4-6-12(9)16(20)14-8-11(18)7-13-10(2)17(21)19-15(13)14/h3-8,10,16,20H,1-2H3,(H,19,21). The Morgan fingerprint density at radius 1 is 1.24 bits per heavy atom. The summed E-state index contributed by atoms with van der Waals surface area (Å²) in [6.07, 6.45) is -0.816. The monoisotopic (exact) mass is 301 g/mol. The summed E-state index contributed by atoms with van der Waals surface area (Å²) in [7, 11) is 0. The van der Waals surface area contributed by atoms with Gasteiger partial charge < -0.3 is 10.4 Å². The largest absolute Gasteiger partial charge is 0.384 e. The van der Waals surface area contributed by atoms with Gasteiger partial charge in [0.15, 0.2) is 0 Å². The predicted octanol–water partition coefficient (Wildman–Crippen LogP) is 3.79. The lowest BCUT2D eigenvalue weighted by atomic mass is 9.93. The molecule has 0 bridgehead atoms. The summed E-state index contributed by atoms with van der Waals surface area (Å²) in [5.74, 6) is -0.313. The third kappa shape index (κ3) is 2.33. The number of benzene rings is 2. The third-order valence-electron chi connectivity index (χ3n) is 4.05. The first-order chi connectivity index (χ1) is 9.99. The molecule has 3 rings (SSSR count). The van der Waals surface area contributed by atoms with Gasteiger partial charge in [0.25, 0.3) is 0 Å². The quantitative estimate of drug-likeness (QED) is 0.886. The highest BCUT2D eigenvalue weighted by Crippen LogP contribution is 2.41. The minimum atomic E-state index is -0.816. The van der Waals surface area contributed by atoms with Crippen molar-refractivity contribution in [3.8, 4) is 0 Å². The molecule has 1 aliphatic heterocycles. The molecule has 1 aliphatic rings. The molecule has 0 fully saturated rings. The average Bonchev–Trinajstić information content (AvgIpc) is 2.74. The van der Waals surface area contributed by atoms with E-state index in [1.54, 1.807) is 12.1 Å². The molecule has 2 N–H and O–H groups in total. The van der Waals surface area contributed by atoms with Gasteiger partial charge in [0.2, 0.25) is 5.91 Å². The molecule has 4 heteroatoms. The summed E-state index contributed by atoms with van der Waals surface area (Å²) in [5, 5.41) is 14.1. The maximum Gasteiger partial charge on any atom is 0.231 e. The van der Waals surface area contributed by atoms with Gasteiger partial charge in [-0.05, 0) is 42.7 Å². The van der Waals surface area contributed by atoms with E-state index in [2.05, 4.69) is 5.32 Å². The Labute approximate surface area is 128 Å². The second-order valence-electron chi connectivity index (χ2n) is 5.43. The second kappa shape index (κ2) is 5.17. The number of carbonyl (C=O) groups excluding carboxylic acids is 1. The van der Waals surface area contributed by atoms with Crippen LogP contribution < -0.4 is 5.32 Å². The van der Waals surface area contributed by atoms with E-state index >= 15 is 0 Å². The van der Waals surface area contributed by atoms with Gasteiger partial charge in [-0.1, -0.05) is 35.9 Å². The Bertz CT molecular complexity index is 727. The van der Waals surface area contributed by atoms with E-state index in [0.717, 1.165) is 16.7 Å². The van der Waals surface area contributed by atoms with Gasteiger partial charge in [-0.15, -0.1) is 0 Å². The second-order valence-corrected chi connectivity index (χ2v) is 5.87. The van der Waals surface area contributed by atoms with E-state index in [4.69, 9.17) is 11.6 Å². The van der Waals surface area contributed by atoms with E-state index in [-0.39, 0.29) is 11.8 Å². The molecular weight excluding hydrogens is 286 g/mol. The maximum absolute atomic E-state index is 11.9. The number of rotatable bonds is 2. The van der Waals surface area contributed by atoms with Crippen molar-refractivity contribution in [2.75, 3.05) is 5.32 Å². The van der Waals surface area contributed by atoms with Crippen LogP contribution in [0.2, 0.25) is 5.02 Å². The minimum Gasteiger partial charge on any atom is -0.384 e. The molecule has 2 aromatic rings. The number of anilines is 1. The van der Waals surface area contributed by atoms with E-state index in [9.17, 15) is 9.90 Å². The van der Waals surface area contributed by atoms with Crippen molar-refractivity contribution >= 4 is 23.2 Å². The average molecular weight is 302 g/mol. The molecule has 1 heterocycles. The zero-order chi connectivity index (χ0) is 15.1. The fourth-order valence-corrected chi connectivity index (χ4v) is 3.02. The van der Waals surface area contributed by atoms with Gasteiger partial charge >= 0.3 is 0 Å². The Kier molecular flexibility index (Phi) is 3.47. The Morgan fingerprint density at radius 3 is 2.67 bits per heavy atom. The molecule has 0 saturated heterocycles. The van der Waals surface area contributed by atoms with Gasteiger partial charge in [0.1, 0.15) is 6.10 Å². The van der Waals surface area contributed by atoms with Crippen molar-refractivity contribution in [2.24, 2.45) is 0 Å². The number of halogens is 1. The number of nitrogens with one attached hydrogen (secondary N) is 1. The lowest BCUT2D eigenvalue weighted by Gasteiger charge is -2.18. The highest BCUT2D eigenvalue weighted by Gasteiger charge is 2.31. The van der Waals surface area contributed by atoms with E-state index in [0.29, 0.717) is 16.3 Å². The SMILES string of the molecule is Cc1ccccc1C(O)c1cc(Cl)cc2c1NC(=O)C2C. The highest BCUT2D eigenvalue weighted by atomic mass is 35.5. The smallest absolute Gasteiger partial charge is 0.231 e. The molecule has 2 atom stereocenters. The molecule has 0 radical (unpaired) electrons. The number of amides is 1. The molecule has 0 aromatic heterocycles. The van der Waals surface area contributed by atoms with Crippen molar-refractivity contribution in [3.05, 3.63) is 63.7 Å². The first-order valence-corrected chi connectivity index (χ1v) is 7.24. The minimum absolute atomic E-state index is 0.0644. The summed E-state index contributed by atoms with van der Waals surface area (Å²) in [4.78, 5) is 11.9. The van der Waals surface area contributed by atoms with Gasteiger partial charge in [0, 0.05) is 10.6 Å². The fourth-order valence-electron chi connectivity index (χ4n) is 2.79. The molecule has 2 unspecified atom stereocenters. The molecule has 2 aromatic carbocycles. The third-order valence-corrected chi connectivity index (χ3v) is 4.27. The van der Waals surface area contributed by atoms with Crippen LogP contribution in [-0.2, 0) is 4.79 Å². The highest BCUT2D eigenvalue weighted by molar-refractivity contribution is 6.31. The van der Waals surface area contributed by atoms with Gasteiger partial charge in [-0.3, -0.25) is 4.79 Å². The van der Waals surface area contributed by atoms with Crippen LogP contribution in [0.25, 0.3) is 0 Å². The summed E-state index contributed by atoms with van der Waals surface area (Å²) >= 11 is 6.16. The molecule has 0 saturated carbocycles. The van der Waals surface area contributed by atoms with Crippen LogP contribution in [-0.4, -0.2) is 11.0 Å². The number of hydrogen-bond acceptors (Lipinski definition) is 2. The van der Waals surface area contributed by atoms with E-state index < -0.39 is 6.10 Å². The molecule has 0 spiro atoms. The van der Waals surface area contributed by atoms with E-state index in [1.807, 2.05) is 38.1 Å². The first kappa shape index (κ1) is 14.1. The van der Waals surface area contributed by atoms with E-state index in [1.165, 1.54) is 0 Å². The topological polar surface area (TPSA) is 49.3 Å². The number of aliphatic hydroxyl groups is 1. The molecule has 108 valence electrons. The zero-order valence-corrected chi connectivity index (χ0v) is 12.6. The van der Waals surface area contributed by atoms with Crippen LogP contribution in [0.15, 0.2) is 36.4 Å². The van der Waals surface area contributed by atoms with Crippen LogP contribution in [0.4, 0.5) is 5.69 Å². The summed E-state index contributed by atoms with van der Waals surface area (Å²) in [5.41, 5.74) is 3.99. The van der Waals surface area contributed by atoms with Crippen molar-refractivity contribution < 1.29 is 9.90 Å². The van der Waals surface area contributed by atoms with Crippen LogP contribution in [0, 0.1) is 6.92 Å². The van der Waals surface area contributed by atoms with Crippen molar-refractivity contribution in [1.82, 2.24) is 0 Å². The zero-order valence-electron chi connectivity index (χ0n) is 11.9. The molecule has 0 aliphatic carbocycles. The maximum atomic E-state index is 11.9. The summed E-state index contributed by atoms with van der Waals surface area (Å²) in [6.45, 7) is 3.78. The Morgan fingerprint density at radius 2 is 1.95 bits per heavy atom. The Balaban J connectivity index is 2.14. The fraction of sp³-hybridized carbons (Fsp3) is 0.235. The number of aryl methyl sites for hydroxylation is 1. The van der Waals surface area contributed by atoms with Crippen molar-refractivity contribution in [3.63, 3.8) is 0 Å². The summed E-state index contributed by atoms with van der Waals surface area (Å²) in [6, 6.07) is 11.1. The summed E-state index contributed by atoms with van der Waals surface area (Å²) < 4.78 is 0. The lowest BCUT2D eigenvalue weighted by molar-refractivity contribution is -0.116. The molecular formula is C17H16ClNO2. The van der Waals surface area contributed by atoms with Gasteiger partial charge in [0.05, 0.1) is 11.6 Å². The first-order valence-electron chi connectivity index (χ1n) is 6.87. The van der Waals surface area contributed by atoms with Crippen LogP contribution in [0.1, 0.15) is 41.2 Å². The predicted molar refractivity (Wildman–Crippen MR) is 83.7 cm³/mol. The molecule has 3 nitrogen and oxygen atoms in total. The van der Waals surface area contributed by atoms with Crippen LogP contribution >= 0.6 is 11.6 Å². The van der Waals surface area contributed by atoms with Crippen LogP contribution in [0.3, 0.4) is 0 Å².